The highest BCUT2D eigenvalue weighted by atomic mass is 14.5. The van der Waals surface area contributed by atoms with Gasteiger partial charge in [0.1, 0.15) is 0 Å². The van der Waals surface area contributed by atoms with Crippen LogP contribution in [0.25, 0.3) is 6.08 Å². The molecule has 118 valence electrons. The third kappa shape index (κ3) is 1.86. The molecule has 2 aromatic rings. The summed E-state index contributed by atoms with van der Waals surface area (Å²) in [7, 11) is 0. The molecule has 5 rings (SSSR count). The minimum atomic E-state index is 0.206. The number of rotatable bonds is 2. The quantitative estimate of drug-likeness (QED) is 0.628. The highest BCUT2D eigenvalue weighted by Crippen LogP contribution is 2.63. The molecule has 4 unspecified atom stereocenters. The third-order valence-corrected chi connectivity index (χ3v) is 6.40. The molecule has 3 aliphatic carbocycles. The van der Waals surface area contributed by atoms with Gasteiger partial charge in [0.05, 0.1) is 0 Å². The molecule has 2 aromatic carbocycles. The highest BCUT2D eigenvalue weighted by Gasteiger charge is 2.51. The standard InChI is InChI=1S/C24H22/c1-24(23-15-14-18-10-5-6-11-19(18)23)16-21(17-8-3-2-4-9-17)20-12-7-13-22(20)24/h2-15,20-21,23H,16H2,1H3. The molecule has 0 aromatic heterocycles. The SMILES string of the molecule is CC1(C2C=Cc3ccccc32)CC(c2ccccc2)C2C=CC=C21. The van der Waals surface area contributed by atoms with Gasteiger partial charge in [-0.15, -0.1) is 0 Å². The number of hydrogen-bond acceptors (Lipinski definition) is 0. The van der Waals surface area contributed by atoms with Crippen molar-refractivity contribution < 1.29 is 0 Å². The fourth-order valence-corrected chi connectivity index (χ4v) is 5.25. The third-order valence-electron chi connectivity index (χ3n) is 6.40. The van der Waals surface area contributed by atoms with Crippen molar-refractivity contribution in [3.8, 4) is 0 Å². The van der Waals surface area contributed by atoms with Crippen LogP contribution in [-0.2, 0) is 0 Å². The first-order chi connectivity index (χ1) is 11.8. The normalized spacial score (nSPS) is 32.7. The van der Waals surface area contributed by atoms with Crippen molar-refractivity contribution in [2.75, 3.05) is 0 Å². The molecule has 0 heterocycles. The first-order valence-corrected chi connectivity index (χ1v) is 8.98. The number of hydrogen-bond donors (Lipinski definition) is 0. The van der Waals surface area contributed by atoms with Crippen molar-refractivity contribution in [2.24, 2.45) is 11.3 Å². The second-order valence-corrected chi connectivity index (χ2v) is 7.64. The van der Waals surface area contributed by atoms with E-state index in [1.165, 1.54) is 23.1 Å². The maximum atomic E-state index is 2.48. The van der Waals surface area contributed by atoms with E-state index in [0.29, 0.717) is 17.8 Å². The van der Waals surface area contributed by atoms with Gasteiger partial charge >= 0.3 is 0 Å². The Labute approximate surface area is 144 Å². The second kappa shape index (κ2) is 5.08. The Morgan fingerprint density at radius 2 is 1.71 bits per heavy atom. The predicted molar refractivity (Wildman–Crippen MR) is 101 cm³/mol. The van der Waals surface area contributed by atoms with E-state index in [0.717, 1.165) is 0 Å². The predicted octanol–water partition coefficient (Wildman–Crippen LogP) is 6.10. The Hall–Kier alpha value is -2.34. The minimum Gasteiger partial charge on any atom is -0.0767 e. The first-order valence-electron chi connectivity index (χ1n) is 8.98. The highest BCUT2D eigenvalue weighted by molar-refractivity contribution is 5.64. The average Bonchev–Trinajstić information content (AvgIpc) is 3.32. The monoisotopic (exact) mass is 310 g/mol. The van der Waals surface area contributed by atoms with E-state index in [9.17, 15) is 0 Å². The Bertz CT molecular complexity index is 868. The summed E-state index contributed by atoms with van der Waals surface area (Å²) < 4.78 is 0. The van der Waals surface area contributed by atoms with Gasteiger partial charge in [-0.05, 0) is 29.0 Å². The van der Waals surface area contributed by atoms with Crippen LogP contribution in [0.4, 0.5) is 0 Å². The summed E-state index contributed by atoms with van der Waals surface area (Å²) >= 11 is 0. The largest absolute Gasteiger partial charge is 0.0767 e. The molecule has 24 heavy (non-hydrogen) atoms. The van der Waals surface area contributed by atoms with Crippen LogP contribution < -0.4 is 0 Å². The van der Waals surface area contributed by atoms with E-state index in [2.05, 4.69) is 91.9 Å². The van der Waals surface area contributed by atoms with Gasteiger partial charge < -0.3 is 0 Å². The summed E-state index contributed by atoms with van der Waals surface area (Å²) in [5, 5.41) is 0. The average molecular weight is 310 g/mol. The summed E-state index contributed by atoms with van der Waals surface area (Å²) in [6.07, 6.45) is 13.1. The molecule has 0 spiro atoms. The molecule has 0 radical (unpaired) electrons. The van der Waals surface area contributed by atoms with Crippen molar-refractivity contribution in [2.45, 2.75) is 25.2 Å². The Balaban J connectivity index is 1.59. The van der Waals surface area contributed by atoms with Crippen molar-refractivity contribution in [3.63, 3.8) is 0 Å². The lowest BCUT2D eigenvalue weighted by molar-refractivity contribution is 0.357. The molecule has 3 aliphatic rings. The first kappa shape index (κ1) is 14.0. The zero-order valence-electron chi connectivity index (χ0n) is 14.0. The van der Waals surface area contributed by atoms with Crippen molar-refractivity contribution in [1.82, 2.24) is 0 Å². The van der Waals surface area contributed by atoms with E-state index in [-0.39, 0.29) is 5.41 Å². The lowest BCUT2D eigenvalue weighted by atomic mass is 9.70. The van der Waals surface area contributed by atoms with Crippen molar-refractivity contribution in [1.29, 1.82) is 0 Å². The second-order valence-electron chi connectivity index (χ2n) is 7.64. The zero-order chi connectivity index (χ0) is 16.1. The molecular weight excluding hydrogens is 288 g/mol. The summed E-state index contributed by atoms with van der Waals surface area (Å²) in [5.74, 6) is 1.66. The fraction of sp³-hybridized carbons (Fsp3) is 0.250. The van der Waals surface area contributed by atoms with Crippen molar-refractivity contribution in [3.05, 3.63) is 101 Å². The minimum absolute atomic E-state index is 0.206. The summed E-state index contributed by atoms with van der Waals surface area (Å²) in [4.78, 5) is 0. The van der Waals surface area contributed by atoms with E-state index in [1.807, 2.05) is 0 Å². The molecular formula is C24H22. The van der Waals surface area contributed by atoms with Crippen LogP contribution in [0.1, 0.15) is 41.9 Å². The van der Waals surface area contributed by atoms with Gasteiger partial charge in [-0.25, -0.2) is 0 Å². The van der Waals surface area contributed by atoms with Gasteiger partial charge in [0.2, 0.25) is 0 Å². The van der Waals surface area contributed by atoms with Crippen LogP contribution in [0.5, 0.6) is 0 Å². The zero-order valence-corrected chi connectivity index (χ0v) is 14.0. The molecule has 1 fully saturated rings. The molecule has 0 amide bonds. The molecule has 0 nitrogen and oxygen atoms in total. The Kier molecular flexibility index (Phi) is 2.97. The fourth-order valence-electron chi connectivity index (χ4n) is 5.25. The van der Waals surface area contributed by atoms with Crippen LogP contribution in [0, 0.1) is 11.3 Å². The van der Waals surface area contributed by atoms with Crippen LogP contribution >= 0.6 is 0 Å². The van der Waals surface area contributed by atoms with Gasteiger partial charge in [0.15, 0.2) is 0 Å². The van der Waals surface area contributed by atoms with Gasteiger partial charge in [-0.3, -0.25) is 0 Å². The van der Waals surface area contributed by atoms with Gasteiger partial charge in [-0.1, -0.05) is 97.5 Å². The van der Waals surface area contributed by atoms with Crippen LogP contribution in [0.2, 0.25) is 0 Å². The van der Waals surface area contributed by atoms with Gasteiger partial charge in [-0.2, -0.15) is 0 Å². The lowest BCUT2D eigenvalue weighted by Crippen LogP contribution is -2.23. The maximum absolute atomic E-state index is 2.48. The number of fused-ring (bicyclic) bond motifs is 2. The van der Waals surface area contributed by atoms with Crippen LogP contribution in [-0.4, -0.2) is 0 Å². The smallest absolute Gasteiger partial charge is 0.0119 e. The van der Waals surface area contributed by atoms with Gasteiger partial charge in [0.25, 0.3) is 0 Å². The van der Waals surface area contributed by atoms with E-state index >= 15 is 0 Å². The maximum Gasteiger partial charge on any atom is 0.0119 e. The molecule has 1 saturated carbocycles. The molecule has 4 atom stereocenters. The Morgan fingerprint density at radius 3 is 2.58 bits per heavy atom. The van der Waals surface area contributed by atoms with Crippen LogP contribution in [0.3, 0.4) is 0 Å². The number of allylic oxidation sites excluding steroid dienone is 5. The van der Waals surface area contributed by atoms with Gasteiger partial charge in [0, 0.05) is 17.3 Å². The molecule has 0 N–H and O–H groups in total. The molecule has 0 heteroatoms. The number of benzene rings is 2. The summed E-state index contributed by atoms with van der Waals surface area (Å²) in [6.45, 7) is 2.48. The van der Waals surface area contributed by atoms with E-state index < -0.39 is 0 Å². The summed E-state index contributed by atoms with van der Waals surface area (Å²) in [5.41, 5.74) is 6.22. The molecule has 0 aliphatic heterocycles. The molecule has 0 bridgehead atoms. The topological polar surface area (TPSA) is 0 Å². The van der Waals surface area contributed by atoms with Crippen LogP contribution in [0.15, 0.2) is 84.5 Å². The van der Waals surface area contributed by atoms with E-state index in [1.54, 1.807) is 5.57 Å². The van der Waals surface area contributed by atoms with Crippen molar-refractivity contribution >= 4 is 6.08 Å². The van der Waals surface area contributed by atoms with E-state index in [4.69, 9.17) is 0 Å². The lowest BCUT2D eigenvalue weighted by Gasteiger charge is -2.33. The molecule has 0 saturated heterocycles. The Morgan fingerprint density at radius 1 is 0.917 bits per heavy atom. The summed E-state index contributed by atoms with van der Waals surface area (Å²) in [6, 6.07) is 20.0.